The average molecular weight is 214 g/mol. The fraction of sp³-hybridized carbons (Fsp3) is 0.154. The number of aromatic nitrogens is 2. The van der Waals surface area contributed by atoms with Gasteiger partial charge in [-0.2, -0.15) is 0 Å². The quantitative estimate of drug-likeness (QED) is 0.785. The molecule has 0 aliphatic rings. The first-order chi connectivity index (χ1) is 7.79. The van der Waals surface area contributed by atoms with Crippen LogP contribution in [0, 0.1) is 6.92 Å². The van der Waals surface area contributed by atoms with Gasteiger partial charge in [0.2, 0.25) is 0 Å². The maximum Gasteiger partial charge on any atom is 0.118 e. The molecule has 1 aromatic heterocycles. The van der Waals surface area contributed by atoms with Crippen molar-refractivity contribution in [3.63, 3.8) is 0 Å². The van der Waals surface area contributed by atoms with Gasteiger partial charge in [-0.1, -0.05) is 12.1 Å². The Balaban J connectivity index is 2.14. The number of methoxy groups -OCH3 is 1. The van der Waals surface area contributed by atoms with E-state index in [1.807, 2.05) is 54.2 Å². The smallest absolute Gasteiger partial charge is 0.118 e. The van der Waals surface area contributed by atoms with E-state index in [0.29, 0.717) is 0 Å². The highest BCUT2D eigenvalue weighted by Crippen LogP contribution is 2.12. The molecule has 1 heterocycles. The predicted octanol–water partition coefficient (Wildman–Crippen LogP) is 2.83. The van der Waals surface area contributed by atoms with Crippen LogP contribution in [0.5, 0.6) is 5.75 Å². The second kappa shape index (κ2) is 4.66. The largest absolute Gasteiger partial charge is 0.497 e. The summed E-state index contributed by atoms with van der Waals surface area (Å²) < 4.78 is 7.08. The van der Waals surface area contributed by atoms with Gasteiger partial charge in [0.1, 0.15) is 5.75 Å². The fourth-order valence-electron chi connectivity index (χ4n) is 1.41. The van der Waals surface area contributed by atoms with Gasteiger partial charge >= 0.3 is 0 Å². The average Bonchev–Trinajstić information content (AvgIpc) is 2.73. The number of aryl methyl sites for hydroxylation is 1. The SMILES string of the molecule is COc1ccc(/C=C\n2cncc2C)cc1. The molecule has 0 N–H and O–H groups in total. The van der Waals surface area contributed by atoms with E-state index in [2.05, 4.69) is 4.98 Å². The summed E-state index contributed by atoms with van der Waals surface area (Å²) in [4.78, 5) is 4.05. The summed E-state index contributed by atoms with van der Waals surface area (Å²) in [6.45, 7) is 2.02. The first-order valence-corrected chi connectivity index (χ1v) is 5.10. The molecule has 0 spiro atoms. The van der Waals surface area contributed by atoms with E-state index >= 15 is 0 Å². The standard InChI is InChI=1S/C13H14N2O/c1-11-9-14-10-15(11)8-7-12-3-5-13(16-2)6-4-12/h3-10H,1-2H3/b8-7-. The van der Waals surface area contributed by atoms with Gasteiger partial charge in [-0.25, -0.2) is 4.98 Å². The number of benzene rings is 1. The molecule has 0 saturated heterocycles. The topological polar surface area (TPSA) is 27.1 Å². The summed E-state index contributed by atoms with van der Waals surface area (Å²) in [5.41, 5.74) is 2.25. The number of nitrogens with zero attached hydrogens (tertiary/aromatic N) is 2. The zero-order valence-corrected chi connectivity index (χ0v) is 9.42. The van der Waals surface area contributed by atoms with Crippen LogP contribution in [-0.2, 0) is 0 Å². The van der Waals surface area contributed by atoms with Crippen molar-refractivity contribution < 1.29 is 4.74 Å². The molecular weight excluding hydrogens is 200 g/mol. The molecule has 0 aliphatic heterocycles. The summed E-state index contributed by atoms with van der Waals surface area (Å²) in [6, 6.07) is 7.92. The third-order valence-electron chi connectivity index (χ3n) is 2.40. The van der Waals surface area contributed by atoms with Gasteiger partial charge in [-0.15, -0.1) is 0 Å². The zero-order valence-electron chi connectivity index (χ0n) is 9.42. The summed E-state index contributed by atoms with van der Waals surface area (Å²) in [5.74, 6) is 0.871. The Bertz CT molecular complexity index is 483. The van der Waals surface area contributed by atoms with Crippen molar-refractivity contribution in [2.75, 3.05) is 7.11 Å². The zero-order chi connectivity index (χ0) is 11.4. The van der Waals surface area contributed by atoms with E-state index in [0.717, 1.165) is 17.0 Å². The highest BCUT2D eigenvalue weighted by atomic mass is 16.5. The van der Waals surface area contributed by atoms with Crippen molar-refractivity contribution in [1.82, 2.24) is 9.55 Å². The van der Waals surface area contributed by atoms with Crippen LogP contribution >= 0.6 is 0 Å². The number of imidazole rings is 1. The molecule has 0 radical (unpaired) electrons. The molecule has 0 fully saturated rings. The molecule has 0 amide bonds. The maximum atomic E-state index is 5.10. The van der Waals surface area contributed by atoms with Crippen molar-refractivity contribution >= 4 is 12.3 Å². The lowest BCUT2D eigenvalue weighted by atomic mass is 10.2. The normalized spacial score (nSPS) is 10.9. The van der Waals surface area contributed by atoms with E-state index in [1.165, 1.54) is 0 Å². The minimum Gasteiger partial charge on any atom is -0.497 e. The second-order valence-electron chi connectivity index (χ2n) is 3.53. The summed E-state index contributed by atoms with van der Waals surface area (Å²) in [5, 5.41) is 0. The Hall–Kier alpha value is -2.03. The van der Waals surface area contributed by atoms with Crippen LogP contribution in [0.4, 0.5) is 0 Å². The van der Waals surface area contributed by atoms with Crippen LogP contribution in [0.1, 0.15) is 11.3 Å². The molecule has 2 aromatic rings. The van der Waals surface area contributed by atoms with Gasteiger partial charge in [0, 0.05) is 18.1 Å². The first kappa shape index (κ1) is 10.5. The lowest BCUT2D eigenvalue weighted by molar-refractivity contribution is 0.415. The molecule has 0 saturated carbocycles. The molecule has 82 valence electrons. The van der Waals surface area contributed by atoms with Gasteiger partial charge < -0.3 is 9.30 Å². The Labute approximate surface area is 95.0 Å². The van der Waals surface area contributed by atoms with E-state index in [1.54, 1.807) is 13.4 Å². The maximum absolute atomic E-state index is 5.10. The first-order valence-electron chi connectivity index (χ1n) is 5.10. The van der Waals surface area contributed by atoms with Crippen LogP contribution < -0.4 is 4.74 Å². The highest BCUT2D eigenvalue weighted by molar-refractivity contribution is 5.61. The third-order valence-corrected chi connectivity index (χ3v) is 2.40. The molecule has 3 nitrogen and oxygen atoms in total. The number of ether oxygens (including phenoxy) is 1. The van der Waals surface area contributed by atoms with Crippen LogP contribution in [0.2, 0.25) is 0 Å². The Kier molecular flexibility index (Phi) is 3.05. The Morgan fingerprint density at radius 1 is 1.25 bits per heavy atom. The minimum absolute atomic E-state index is 0.871. The van der Waals surface area contributed by atoms with E-state index < -0.39 is 0 Å². The van der Waals surface area contributed by atoms with Crippen molar-refractivity contribution in [2.24, 2.45) is 0 Å². The van der Waals surface area contributed by atoms with Crippen LogP contribution in [-0.4, -0.2) is 16.7 Å². The van der Waals surface area contributed by atoms with Crippen molar-refractivity contribution in [1.29, 1.82) is 0 Å². The van der Waals surface area contributed by atoms with Crippen molar-refractivity contribution in [3.8, 4) is 5.75 Å². The van der Waals surface area contributed by atoms with Gasteiger partial charge in [-0.05, 0) is 30.7 Å². The second-order valence-corrected chi connectivity index (χ2v) is 3.53. The Morgan fingerprint density at radius 2 is 2.00 bits per heavy atom. The van der Waals surface area contributed by atoms with Crippen molar-refractivity contribution in [3.05, 3.63) is 48.0 Å². The highest BCUT2D eigenvalue weighted by Gasteiger charge is 1.92. The molecule has 16 heavy (non-hydrogen) atoms. The molecule has 0 unspecified atom stereocenters. The lowest BCUT2D eigenvalue weighted by Crippen LogP contribution is -1.85. The number of hydrogen-bond donors (Lipinski definition) is 0. The lowest BCUT2D eigenvalue weighted by Gasteiger charge is -1.99. The monoisotopic (exact) mass is 214 g/mol. The summed E-state index contributed by atoms with van der Waals surface area (Å²) in [6.07, 6.45) is 7.64. The molecule has 1 aromatic carbocycles. The van der Waals surface area contributed by atoms with Crippen LogP contribution in [0.3, 0.4) is 0 Å². The van der Waals surface area contributed by atoms with Gasteiger partial charge in [0.25, 0.3) is 0 Å². The van der Waals surface area contributed by atoms with E-state index in [4.69, 9.17) is 4.74 Å². The Morgan fingerprint density at radius 3 is 2.56 bits per heavy atom. The van der Waals surface area contributed by atoms with Gasteiger partial charge in [0.05, 0.1) is 13.4 Å². The van der Waals surface area contributed by atoms with Gasteiger partial charge in [-0.3, -0.25) is 0 Å². The molecule has 0 bridgehead atoms. The minimum atomic E-state index is 0.871. The summed E-state index contributed by atoms with van der Waals surface area (Å²) >= 11 is 0. The van der Waals surface area contributed by atoms with Crippen molar-refractivity contribution in [2.45, 2.75) is 6.92 Å². The predicted molar refractivity (Wildman–Crippen MR) is 65.2 cm³/mol. The number of rotatable bonds is 3. The summed E-state index contributed by atoms with van der Waals surface area (Å²) in [7, 11) is 1.67. The number of hydrogen-bond acceptors (Lipinski definition) is 2. The van der Waals surface area contributed by atoms with Gasteiger partial charge in [0.15, 0.2) is 0 Å². The molecule has 0 atom stereocenters. The third kappa shape index (κ3) is 2.31. The van der Waals surface area contributed by atoms with Crippen LogP contribution in [0.15, 0.2) is 36.8 Å². The molecule has 3 heteroatoms. The van der Waals surface area contributed by atoms with E-state index in [-0.39, 0.29) is 0 Å². The molecule has 0 aliphatic carbocycles. The van der Waals surface area contributed by atoms with Crippen LogP contribution in [0.25, 0.3) is 12.3 Å². The molecular formula is C13H14N2O. The molecule has 2 rings (SSSR count). The van der Waals surface area contributed by atoms with E-state index in [9.17, 15) is 0 Å². The fourth-order valence-corrected chi connectivity index (χ4v) is 1.41.